The van der Waals surface area contributed by atoms with Crippen LogP contribution < -0.4 is 0 Å². The first kappa shape index (κ1) is 13.8. The molecule has 21 heavy (non-hydrogen) atoms. The topological polar surface area (TPSA) is 44.9 Å². The maximum absolute atomic E-state index is 13.2. The Morgan fingerprint density at radius 2 is 2.33 bits per heavy atom. The molecule has 0 radical (unpaired) electrons. The smallest absolute Gasteiger partial charge is 0.124 e. The zero-order valence-corrected chi connectivity index (χ0v) is 11.7. The molecule has 0 aliphatic carbocycles. The van der Waals surface area contributed by atoms with Crippen molar-refractivity contribution in [3.05, 3.63) is 53.6 Å². The van der Waals surface area contributed by atoms with Gasteiger partial charge in [0, 0.05) is 25.0 Å². The molecule has 1 fully saturated rings. The summed E-state index contributed by atoms with van der Waals surface area (Å²) in [6, 6.07) is 8.89. The van der Waals surface area contributed by atoms with E-state index in [1.165, 1.54) is 12.1 Å². The predicted molar refractivity (Wildman–Crippen MR) is 76.8 cm³/mol. The summed E-state index contributed by atoms with van der Waals surface area (Å²) >= 11 is 0. The highest BCUT2D eigenvalue weighted by atomic mass is 19.1. The number of likely N-dealkylation sites (tertiary alicyclic amines) is 1. The molecule has 3 rings (SSSR count). The lowest BCUT2D eigenvalue weighted by atomic mass is 10.1. The number of hydrogen-bond acceptors (Lipinski definition) is 3. The molecule has 2 heterocycles. The number of benzene rings is 1. The molecule has 0 N–H and O–H groups in total. The molecule has 4 nitrogen and oxygen atoms in total. The molecule has 0 amide bonds. The minimum atomic E-state index is -0.357. The Hall–Kier alpha value is -2.19. The lowest BCUT2D eigenvalue weighted by Crippen LogP contribution is -2.32. The van der Waals surface area contributed by atoms with Crippen LogP contribution in [0.3, 0.4) is 0 Å². The molecule has 0 saturated carbocycles. The van der Waals surface area contributed by atoms with E-state index in [2.05, 4.69) is 16.1 Å². The normalized spacial score (nSPS) is 18.8. The summed E-state index contributed by atoms with van der Waals surface area (Å²) in [5.74, 6) is -0.357. The first-order valence-electron chi connectivity index (χ1n) is 7.16. The molecular weight excluding hydrogens is 267 g/mol. The summed E-state index contributed by atoms with van der Waals surface area (Å²) in [7, 11) is 0. The third-order valence-electron chi connectivity index (χ3n) is 4.02. The highest BCUT2D eigenvalue weighted by Gasteiger charge is 2.25. The van der Waals surface area contributed by atoms with Gasteiger partial charge in [-0.25, -0.2) is 4.39 Å². The molecule has 1 aromatic carbocycles. The van der Waals surface area contributed by atoms with Crippen molar-refractivity contribution in [2.24, 2.45) is 0 Å². The largest absolute Gasteiger partial charge is 0.294 e. The number of halogens is 1. The standard InChI is InChI=1S/C16H17FN4/c17-15-5-4-13(14(9-15)10-18)11-20-7-1-3-16(20)12-21-8-2-6-19-21/h2,4-6,8-9,16H,1,3,7,11-12H2/t16-/m0/s1. The minimum absolute atomic E-state index is 0.357. The monoisotopic (exact) mass is 284 g/mol. The molecular formula is C16H17FN4. The number of hydrogen-bond donors (Lipinski definition) is 0. The van der Waals surface area contributed by atoms with Crippen molar-refractivity contribution in [3.8, 4) is 6.07 Å². The first-order chi connectivity index (χ1) is 10.3. The van der Waals surface area contributed by atoms with Crippen LogP contribution in [0.5, 0.6) is 0 Å². The molecule has 1 aliphatic heterocycles. The lowest BCUT2D eigenvalue weighted by Gasteiger charge is -2.24. The average molecular weight is 284 g/mol. The van der Waals surface area contributed by atoms with Crippen molar-refractivity contribution in [3.63, 3.8) is 0 Å². The van der Waals surface area contributed by atoms with Crippen molar-refractivity contribution in [1.82, 2.24) is 14.7 Å². The van der Waals surface area contributed by atoms with Gasteiger partial charge in [0.2, 0.25) is 0 Å². The van der Waals surface area contributed by atoms with Gasteiger partial charge >= 0.3 is 0 Å². The van der Waals surface area contributed by atoms with Crippen LogP contribution in [0, 0.1) is 17.1 Å². The van der Waals surface area contributed by atoms with Gasteiger partial charge in [-0.15, -0.1) is 0 Å². The fraction of sp³-hybridized carbons (Fsp3) is 0.375. The van der Waals surface area contributed by atoms with Crippen molar-refractivity contribution in [1.29, 1.82) is 5.26 Å². The van der Waals surface area contributed by atoms with Gasteiger partial charge in [-0.2, -0.15) is 10.4 Å². The number of aromatic nitrogens is 2. The third kappa shape index (κ3) is 3.11. The Morgan fingerprint density at radius 3 is 3.10 bits per heavy atom. The average Bonchev–Trinajstić information content (AvgIpc) is 3.14. The molecule has 1 saturated heterocycles. The van der Waals surface area contributed by atoms with Gasteiger partial charge in [0.05, 0.1) is 18.2 Å². The van der Waals surface area contributed by atoms with Gasteiger partial charge in [0.25, 0.3) is 0 Å². The molecule has 108 valence electrons. The fourth-order valence-corrected chi connectivity index (χ4v) is 2.94. The molecule has 0 spiro atoms. The SMILES string of the molecule is N#Cc1cc(F)ccc1CN1CCC[C@H]1Cn1cccn1. The van der Waals surface area contributed by atoms with E-state index in [1.54, 1.807) is 12.3 Å². The van der Waals surface area contributed by atoms with Crippen LogP contribution in [0.25, 0.3) is 0 Å². The van der Waals surface area contributed by atoms with Gasteiger partial charge < -0.3 is 0 Å². The summed E-state index contributed by atoms with van der Waals surface area (Å²) < 4.78 is 15.1. The zero-order valence-electron chi connectivity index (χ0n) is 11.7. The third-order valence-corrected chi connectivity index (χ3v) is 4.02. The molecule has 2 aromatic rings. The van der Waals surface area contributed by atoms with Crippen LogP contribution >= 0.6 is 0 Å². The highest BCUT2D eigenvalue weighted by Crippen LogP contribution is 2.23. The summed E-state index contributed by atoms with van der Waals surface area (Å²) in [6.45, 7) is 2.55. The van der Waals surface area contributed by atoms with Crippen molar-refractivity contribution in [2.75, 3.05) is 6.54 Å². The van der Waals surface area contributed by atoms with Gasteiger partial charge in [0.1, 0.15) is 5.82 Å². The zero-order chi connectivity index (χ0) is 14.7. The first-order valence-corrected chi connectivity index (χ1v) is 7.16. The molecule has 1 atom stereocenters. The number of nitrogens with zero attached hydrogens (tertiary/aromatic N) is 4. The van der Waals surface area contributed by atoms with Crippen LogP contribution in [0.15, 0.2) is 36.7 Å². The van der Waals surface area contributed by atoms with Crippen LogP contribution in [-0.4, -0.2) is 27.3 Å². The molecule has 0 bridgehead atoms. The van der Waals surface area contributed by atoms with Crippen LogP contribution in [0.2, 0.25) is 0 Å². The van der Waals surface area contributed by atoms with E-state index in [0.29, 0.717) is 18.2 Å². The quantitative estimate of drug-likeness (QED) is 0.866. The van der Waals surface area contributed by atoms with E-state index >= 15 is 0 Å². The van der Waals surface area contributed by atoms with Gasteiger partial charge in [0.15, 0.2) is 0 Å². The Balaban J connectivity index is 1.73. The minimum Gasteiger partial charge on any atom is -0.294 e. The number of rotatable bonds is 4. The van der Waals surface area contributed by atoms with Crippen molar-refractivity contribution < 1.29 is 4.39 Å². The van der Waals surface area contributed by atoms with Crippen molar-refractivity contribution in [2.45, 2.75) is 32.0 Å². The second-order valence-corrected chi connectivity index (χ2v) is 5.41. The van der Waals surface area contributed by atoms with E-state index in [0.717, 1.165) is 31.5 Å². The van der Waals surface area contributed by atoms with E-state index in [4.69, 9.17) is 5.26 Å². The van der Waals surface area contributed by atoms with E-state index in [-0.39, 0.29) is 5.82 Å². The fourth-order valence-electron chi connectivity index (χ4n) is 2.94. The second kappa shape index (κ2) is 6.06. The van der Waals surface area contributed by atoms with Crippen molar-refractivity contribution >= 4 is 0 Å². The highest BCUT2D eigenvalue weighted by molar-refractivity contribution is 5.37. The summed E-state index contributed by atoms with van der Waals surface area (Å²) in [4.78, 5) is 2.36. The molecule has 1 aromatic heterocycles. The van der Waals surface area contributed by atoms with E-state index < -0.39 is 0 Å². The lowest BCUT2D eigenvalue weighted by molar-refractivity contribution is 0.219. The Kier molecular flexibility index (Phi) is 3.98. The summed E-state index contributed by atoms with van der Waals surface area (Å²) in [5.41, 5.74) is 1.33. The van der Waals surface area contributed by atoms with Crippen LogP contribution in [0.1, 0.15) is 24.0 Å². The Labute approximate surface area is 123 Å². The second-order valence-electron chi connectivity index (χ2n) is 5.41. The maximum Gasteiger partial charge on any atom is 0.124 e. The number of nitriles is 1. The van der Waals surface area contributed by atoms with Gasteiger partial charge in [-0.3, -0.25) is 9.58 Å². The Bertz CT molecular complexity index is 645. The van der Waals surface area contributed by atoms with Gasteiger partial charge in [-0.1, -0.05) is 6.07 Å². The predicted octanol–water partition coefficient (Wildman–Crippen LogP) is 2.56. The van der Waals surface area contributed by atoms with E-state index in [1.807, 2.05) is 16.9 Å². The molecule has 5 heteroatoms. The maximum atomic E-state index is 13.2. The summed E-state index contributed by atoms with van der Waals surface area (Å²) in [5, 5.41) is 13.4. The van der Waals surface area contributed by atoms with Gasteiger partial charge in [-0.05, 0) is 43.1 Å². The van der Waals surface area contributed by atoms with E-state index in [9.17, 15) is 4.39 Å². The Morgan fingerprint density at radius 1 is 1.43 bits per heavy atom. The molecule has 1 aliphatic rings. The summed E-state index contributed by atoms with van der Waals surface area (Å²) in [6.07, 6.45) is 6.03. The molecule has 0 unspecified atom stereocenters. The van der Waals surface area contributed by atoms with Crippen LogP contribution in [0.4, 0.5) is 4.39 Å². The van der Waals surface area contributed by atoms with Crippen LogP contribution in [-0.2, 0) is 13.1 Å².